The Bertz CT molecular complexity index is 935. The van der Waals surface area contributed by atoms with Crippen molar-refractivity contribution in [1.29, 1.82) is 0 Å². The molecule has 140 valence electrons. The van der Waals surface area contributed by atoms with Crippen molar-refractivity contribution in [3.63, 3.8) is 0 Å². The molecule has 0 unspecified atom stereocenters. The predicted octanol–water partition coefficient (Wildman–Crippen LogP) is 2.99. The Balaban J connectivity index is 1.84. The van der Waals surface area contributed by atoms with Crippen LogP contribution in [0.15, 0.2) is 41.3 Å². The largest absolute Gasteiger partial charge is 0.497 e. The van der Waals surface area contributed by atoms with Gasteiger partial charge in [0.2, 0.25) is 10.0 Å². The second kappa shape index (κ2) is 7.15. The summed E-state index contributed by atoms with van der Waals surface area (Å²) in [5, 5.41) is 10.8. The topological polar surface area (TPSA) is 75.6 Å². The minimum absolute atomic E-state index is 0.154. The Morgan fingerprint density at radius 1 is 1.31 bits per heavy atom. The van der Waals surface area contributed by atoms with E-state index in [0.29, 0.717) is 17.7 Å². The quantitative estimate of drug-likeness (QED) is 0.810. The van der Waals surface area contributed by atoms with Crippen LogP contribution in [0.4, 0.5) is 4.39 Å². The molecule has 5 nitrogen and oxygen atoms in total. The Kier molecular flexibility index (Phi) is 5.25. The highest BCUT2D eigenvalue weighted by molar-refractivity contribution is 7.89. The first kappa shape index (κ1) is 19.1. The summed E-state index contributed by atoms with van der Waals surface area (Å²) in [5.74, 6) is -0.00562. The lowest BCUT2D eigenvalue weighted by Gasteiger charge is -2.34. The fraction of sp³-hybridized carbons (Fsp3) is 0.333. The summed E-state index contributed by atoms with van der Waals surface area (Å²) in [5.41, 5.74) is 0.294. The van der Waals surface area contributed by atoms with Gasteiger partial charge in [0.1, 0.15) is 17.2 Å². The lowest BCUT2D eigenvalue weighted by atomic mass is 9.79. The summed E-state index contributed by atoms with van der Waals surface area (Å²) in [6, 6.07) is 8.53. The van der Waals surface area contributed by atoms with Crippen molar-refractivity contribution in [2.75, 3.05) is 13.7 Å². The van der Waals surface area contributed by atoms with Gasteiger partial charge in [0.25, 0.3) is 0 Å². The Hall–Kier alpha value is -1.67. The zero-order valence-corrected chi connectivity index (χ0v) is 15.7. The van der Waals surface area contributed by atoms with Crippen molar-refractivity contribution < 1.29 is 22.7 Å². The molecule has 0 aromatic heterocycles. The Labute approximate surface area is 156 Å². The van der Waals surface area contributed by atoms with E-state index in [-0.39, 0.29) is 16.5 Å². The highest BCUT2D eigenvalue weighted by atomic mass is 35.5. The molecular weight excluding hydrogens is 381 g/mol. The molecule has 8 heteroatoms. The molecule has 0 aliphatic heterocycles. The van der Waals surface area contributed by atoms with Crippen LogP contribution in [-0.2, 0) is 22.0 Å². The number of halogens is 2. The number of aryl methyl sites for hydroxylation is 1. The van der Waals surface area contributed by atoms with E-state index in [1.54, 1.807) is 19.2 Å². The molecule has 0 radical (unpaired) electrons. The molecule has 1 aliphatic rings. The van der Waals surface area contributed by atoms with Gasteiger partial charge in [-0.1, -0.05) is 17.7 Å². The normalized spacial score (nSPS) is 19.8. The average Bonchev–Trinajstić information content (AvgIpc) is 2.62. The van der Waals surface area contributed by atoms with Crippen LogP contribution in [0.3, 0.4) is 0 Å². The molecule has 0 saturated carbocycles. The van der Waals surface area contributed by atoms with E-state index in [4.69, 9.17) is 16.3 Å². The van der Waals surface area contributed by atoms with Gasteiger partial charge in [-0.3, -0.25) is 0 Å². The third kappa shape index (κ3) is 3.71. The van der Waals surface area contributed by atoms with Gasteiger partial charge in [0.15, 0.2) is 0 Å². The van der Waals surface area contributed by atoms with E-state index in [9.17, 15) is 17.9 Å². The standard InChI is InChI=1S/C18H19ClFNO4S/c1-25-13-4-6-15-12(9-13)3-2-8-18(15,22)11-21-26(23,24)14-5-7-17(20)16(19)10-14/h4-7,9-10,21-22H,2-3,8,11H2,1H3/t18-/m1/s1. The van der Waals surface area contributed by atoms with Crippen molar-refractivity contribution in [3.8, 4) is 5.75 Å². The number of sulfonamides is 1. The van der Waals surface area contributed by atoms with Crippen LogP contribution in [0, 0.1) is 5.82 Å². The third-order valence-electron chi connectivity index (χ3n) is 4.61. The Morgan fingerprint density at radius 3 is 2.77 bits per heavy atom. The van der Waals surface area contributed by atoms with Crippen molar-refractivity contribution in [2.24, 2.45) is 0 Å². The molecular formula is C18H19ClFNO4S. The first-order chi connectivity index (χ1) is 12.2. The van der Waals surface area contributed by atoms with Gasteiger partial charge in [0.05, 0.1) is 17.0 Å². The maximum atomic E-state index is 13.3. The van der Waals surface area contributed by atoms with Crippen LogP contribution in [0.5, 0.6) is 5.75 Å². The number of rotatable bonds is 5. The van der Waals surface area contributed by atoms with Gasteiger partial charge >= 0.3 is 0 Å². The van der Waals surface area contributed by atoms with Crippen LogP contribution in [-0.4, -0.2) is 27.2 Å². The summed E-state index contributed by atoms with van der Waals surface area (Å²) in [7, 11) is -2.37. The van der Waals surface area contributed by atoms with Gasteiger partial charge in [-0.15, -0.1) is 0 Å². The monoisotopic (exact) mass is 399 g/mol. The van der Waals surface area contributed by atoms with E-state index >= 15 is 0 Å². The lowest BCUT2D eigenvalue weighted by Crippen LogP contribution is -2.42. The minimum atomic E-state index is -3.94. The number of methoxy groups -OCH3 is 1. The van der Waals surface area contributed by atoms with Crippen molar-refractivity contribution >= 4 is 21.6 Å². The zero-order valence-electron chi connectivity index (χ0n) is 14.1. The van der Waals surface area contributed by atoms with E-state index in [1.165, 1.54) is 0 Å². The molecule has 0 heterocycles. The molecule has 3 rings (SSSR count). The average molecular weight is 400 g/mol. The van der Waals surface area contributed by atoms with Crippen LogP contribution in [0.25, 0.3) is 0 Å². The number of nitrogens with one attached hydrogen (secondary N) is 1. The first-order valence-electron chi connectivity index (χ1n) is 8.10. The van der Waals surface area contributed by atoms with E-state index < -0.39 is 21.4 Å². The molecule has 2 aromatic carbocycles. The molecule has 2 aromatic rings. The van der Waals surface area contributed by atoms with Gasteiger partial charge in [-0.2, -0.15) is 0 Å². The maximum Gasteiger partial charge on any atom is 0.240 e. The van der Waals surface area contributed by atoms with Gasteiger partial charge < -0.3 is 9.84 Å². The number of benzene rings is 2. The molecule has 0 bridgehead atoms. The molecule has 1 aliphatic carbocycles. The van der Waals surface area contributed by atoms with Gasteiger partial charge in [0, 0.05) is 6.54 Å². The fourth-order valence-electron chi connectivity index (χ4n) is 3.19. The first-order valence-corrected chi connectivity index (χ1v) is 9.96. The van der Waals surface area contributed by atoms with Crippen LogP contribution in [0.1, 0.15) is 24.0 Å². The number of hydrogen-bond acceptors (Lipinski definition) is 4. The zero-order chi connectivity index (χ0) is 18.9. The molecule has 1 atom stereocenters. The number of ether oxygens (including phenoxy) is 1. The minimum Gasteiger partial charge on any atom is -0.497 e. The van der Waals surface area contributed by atoms with Crippen molar-refractivity contribution in [2.45, 2.75) is 29.8 Å². The molecule has 0 amide bonds. The SMILES string of the molecule is COc1ccc2c(c1)CCC[C@@]2(O)CNS(=O)(=O)c1ccc(F)c(Cl)c1. The van der Waals surface area contributed by atoms with E-state index in [0.717, 1.165) is 36.6 Å². The van der Waals surface area contributed by atoms with Crippen LogP contribution >= 0.6 is 11.6 Å². The Morgan fingerprint density at radius 2 is 2.08 bits per heavy atom. The van der Waals surface area contributed by atoms with Crippen LogP contribution in [0.2, 0.25) is 5.02 Å². The summed E-state index contributed by atoms with van der Waals surface area (Å²) in [6.07, 6.45) is 1.94. The second-order valence-electron chi connectivity index (χ2n) is 6.31. The van der Waals surface area contributed by atoms with E-state index in [2.05, 4.69) is 4.72 Å². The van der Waals surface area contributed by atoms with Crippen molar-refractivity contribution in [1.82, 2.24) is 4.72 Å². The molecule has 0 fully saturated rings. The van der Waals surface area contributed by atoms with E-state index in [1.807, 2.05) is 6.07 Å². The predicted molar refractivity (Wildman–Crippen MR) is 96.4 cm³/mol. The highest BCUT2D eigenvalue weighted by Crippen LogP contribution is 2.37. The molecule has 0 spiro atoms. The summed E-state index contributed by atoms with van der Waals surface area (Å²) in [4.78, 5) is -0.154. The fourth-order valence-corrected chi connectivity index (χ4v) is 4.55. The molecule has 2 N–H and O–H groups in total. The second-order valence-corrected chi connectivity index (χ2v) is 8.48. The molecule has 26 heavy (non-hydrogen) atoms. The smallest absolute Gasteiger partial charge is 0.240 e. The summed E-state index contributed by atoms with van der Waals surface area (Å²) >= 11 is 5.66. The number of fused-ring (bicyclic) bond motifs is 1. The molecule has 0 saturated heterocycles. The summed E-state index contributed by atoms with van der Waals surface area (Å²) < 4.78 is 45.8. The number of hydrogen-bond donors (Lipinski definition) is 2. The van der Waals surface area contributed by atoms with Crippen molar-refractivity contribution in [3.05, 3.63) is 58.4 Å². The third-order valence-corrected chi connectivity index (χ3v) is 6.29. The van der Waals surface area contributed by atoms with Gasteiger partial charge in [-0.05, 0) is 60.7 Å². The van der Waals surface area contributed by atoms with Gasteiger partial charge in [-0.25, -0.2) is 17.5 Å². The summed E-state index contributed by atoms with van der Waals surface area (Å²) in [6.45, 7) is -0.191. The van der Waals surface area contributed by atoms with Crippen LogP contribution < -0.4 is 9.46 Å². The lowest BCUT2D eigenvalue weighted by molar-refractivity contribution is 0.0242. The highest BCUT2D eigenvalue weighted by Gasteiger charge is 2.35. The maximum absolute atomic E-state index is 13.3. The number of aliphatic hydroxyl groups is 1.